The fourth-order valence-electron chi connectivity index (χ4n) is 0.832. The van der Waals surface area contributed by atoms with Gasteiger partial charge in [0, 0.05) is 6.42 Å². The van der Waals surface area contributed by atoms with Crippen molar-refractivity contribution in [1.82, 2.24) is 0 Å². The lowest BCUT2D eigenvalue weighted by atomic mass is 10.3. The molecule has 0 N–H and O–H groups in total. The number of halogens is 2. The van der Waals surface area contributed by atoms with E-state index in [0.717, 1.165) is 14.7 Å². The monoisotopic (exact) mass is 302 g/mol. The lowest BCUT2D eigenvalue weighted by Crippen LogP contribution is -1.97. The lowest BCUT2D eigenvalue weighted by Gasteiger charge is -2.07. The molecule has 0 unspecified atom stereocenters. The largest absolute Gasteiger partial charge is 0.490 e. The van der Waals surface area contributed by atoms with Crippen LogP contribution in [0.25, 0.3) is 0 Å². The first-order valence-electron chi connectivity index (χ1n) is 3.76. The minimum absolute atomic E-state index is 0.539. The lowest BCUT2D eigenvalue weighted by molar-refractivity contribution is 0.323. The highest BCUT2D eigenvalue weighted by Crippen LogP contribution is 2.32. The van der Waals surface area contributed by atoms with Gasteiger partial charge in [-0.3, -0.25) is 0 Å². The molecule has 0 aliphatic heterocycles. The Kier molecular flexibility index (Phi) is 4.34. The maximum Gasteiger partial charge on any atom is 0.147 e. The van der Waals surface area contributed by atoms with Gasteiger partial charge in [0.2, 0.25) is 0 Å². The number of hydrogen-bond acceptors (Lipinski definition) is 1. The summed E-state index contributed by atoms with van der Waals surface area (Å²) in [5.41, 5.74) is 0. The molecule has 13 heavy (non-hydrogen) atoms. The second kappa shape index (κ2) is 5.31. The van der Waals surface area contributed by atoms with Crippen molar-refractivity contribution in [3.63, 3.8) is 0 Å². The van der Waals surface area contributed by atoms with E-state index in [4.69, 9.17) is 11.2 Å². The molecule has 1 aromatic carbocycles. The van der Waals surface area contributed by atoms with Gasteiger partial charge < -0.3 is 4.74 Å². The Hall–Kier alpha value is -0.460. The Balaban J connectivity index is 2.71. The number of hydrogen-bond donors (Lipinski definition) is 0. The Labute approximate surface area is 94.7 Å². The predicted molar refractivity (Wildman–Crippen MR) is 60.8 cm³/mol. The van der Waals surface area contributed by atoms with Gasteiger partial charge >= 0.3 is 0 Å². The molecule has 0 radical (unpaired) electrons. The summed E-state index contributed by atoms with van der Waals surface area (Å²) in [7, 11) is 0. The van der Waals surface area contributed by atoms with Gasteiger partial charge in [-0.15, -0.1) is 12.3 Å². The Bertz CT molecular complexity index is 308. The molecule has 0 spiro atoms. The summed E-state index contributed by atoms with van der Waals surface area (Å²) in [6.45, 7) is 0.539. The molecule has 0 heterocycles. The van der Waals surface area contributed by atoms with E-state index in [1.165, 1.54) is 0 Å². The van der Waals surface area contributed by atoms with Crippen molar-refractivity contribution in [1.29, 1.82) is 0 Å². The molecular weight excluding hydrogens is 296 g/mol. The number of para-hydroxylation sites is 1. The third-order valence-electron chi connectivity index (χ3n) is 1.41. The van der Waals surface area contributed by atoms with Crippen LogP contribution >= 0.6 is 31.9 Å². The minimum atomic E-state index is 0.539. The molecule has 0 aliphatic rings. The van der Waals surface area contributed by atoms with Crippen LogP contribution < -0.4 is 4.74 Å². The van der Waals surface area contributed by atoms with E-state index in [9.17, 15) is 0 Å². The average Bonchev–Trinajstić information content (AvgIpc) is 2.10. The highest BCUT2D eigenvalue weighted by atomic mass is 79.9. The average molecular weight is 304 g/mol. The van der Waals surface area contributed by atoms with Crippen molar-refractivity contribution >= 4 is 31.9 Å². The summed E-state index contributed by atoms with van der Waals surface area (Å²) < 4.78 is 7.33. The second-order valence-corrected chi connectivity index (χ2v) is 4.06. The molecule has 0 amide bonds. The van der Waals surface area contributed by atoms with Gasteiger partial charge in [-0.2, -0.15) is 0 Å². The number of ether oxygens (including phenoxy) is 1. The van der Waals surface area contributed by atoms with Crippen molar-refractivity contribution < 1.29 is 4.74 Å². The van der Waals surface area contributed by atoms with Crippen LogP contribution in [0.5, 0.6) is 5.75 Å². The van der Waals surface area contributed by atoms with Crippen LogP contribution in [0, 0.1) is 12.3 Å². The standard InChI is InChI=1S/C10H8Br2O/c1-2-3-7-13-10-8(11)5-4-6-9(10)12/h1,4-6H,3,7H2. The van der Waals surface area contributed by atoms with Crippen LogP contribution in [0.2, 0.25) is 0 Å². The zero-order valence-electron chi connectivity index (χ0n) is 6.89. The molecule has 0 saturated carbocycles. The van der Waals surface area contributed by atoms with E-state index in [1.807, 2.05) is 18.2 Å². The molecule has 0 aromatic heterocycles. The van der Waals surface area contributed by atoms with Crippen LogP contribution in [0.15, 0.2) is 27.1 Å². The van der Waals surface area contributed by atoms with Crippen LogP contribution in [0.4, 0.5) is 0 Å². The molecule has 1 rings (SSSR count). The normalized spacial score (nSPS) is 9.31. The van der Waals surface area contributed by atoms with Gasteiger partial charge in [-0.25, -0.2) is 0 Å². The Morgan fingerprint density at radius 3 is 2.46 bits per heavy atom. The molecule has 1 aromatic rings. The summed E-state index contributed by atoms with van der Waals surface area (Å²) in [6, 6.07) is 5.79. The first-order valence-corrected chi connectivity index (χ1v) is 5.34. The molecule has 0 bridgehead atoms. The van der Waals surface area contributed by atoms with Gasteiger partial charge in [0.15, 0.2) is 0 Å². The fraction of sp³-hybridized carbons (Fsp3) is 0.200. The van der Waals surface area contributed by atoms with Gasteiger partial charge in [0.25, 0.3) is 0 Å². The van der Waals surface area contributed by atoms with Crippen LogP contribution in [0.1, 0.15) is 6.42 Å². The maximum atomic E-state index is 5.47. The van der Waals surface area contributed by atoms with Gasteiger partial charge in [0.05, 0.1) is 15.6 Å². The fourth-order valence-corrected chi connectivity index (χ4v) is 2.06. The molecular formula is C10H8Br2O. The number of benzene rings is 1. The summed E-state index contributed by atoms with van der Waals surface area (Å²) in [6.07, 6.45) is 5.73. The second-order valence-electron chi connectivity index (χ2n) is 2.35. The van der Waals surface area contributed by atoms with E-state index in [2.05, 4.69) is 37.8 Å². The summed E-state index contributed by atoms with van der Waals surface area (Å²) in [5.74, 6) is 3.32. The Morgan fingerprint density at radius 1 is 1.31 bits per heavy atom. The molecule has 68 valence electrons. The van der Waals surface area contributed by atoms with E-state index in [0.29, 0.717) is 13.0 Å². The van der Waals surface area contributed by atoms with E-state index in [-0.39, 0.29) is 0 Å². The predicted octanol–water partition coefficient (Wildman–Crippen LogP) is 3.61. The quantitative estimate of drug-likeness (QED) is 0.612. The summed E-state index contributed by atoms with van der Waals surface area (Å²) in [5, 5.41) is 0. The van der Waals surface area contributed by atoms with E-state index in [1.54, 1.807) is 0 Å². The topological polar surface area (TPSA) is 9.23 Å². The zero-order valence-corrected chi connectivity index (χ0v) is 10.1. The first kappa shape index (κ1) is 10.6. The van der Waals surface area contributed by atoms with Crippen LogP contribution in [-0.4, -0.2) is 6.61 Å². The van der Waals surface area contributed by atoms with Crippen molar-refractivity contribution in [2.24, 2.45) is 0 Å². The van der Waals surface area contributed by atoms with E-state index < -0.39 is 0 Å². The summed E-state index contributed by atoms with van der Waals surface area (Å²) in [4.78, 5) is 0. The van der Waals surface area contributed by atoms with Gasteiger partial charge in [0.1, 0.15) is 5.75 Å². The number of rotatable bonds is 3. The van der Waals surface area contributed by atoms with Gasteiger partial charge in [-0.05, 0) is 44.0 Å². The van der Waals surface area contributed by atoms with Crippen molar-refractivity contribution in [2.75, 3.05) is 6.61 Å². The maximum absolute atomic E-state index is 5.47. The molecule has 0 atom stereocenters. The van der Waals surface area contributed by atoms with Crippen molar-refractivity contribution in [3.8, 4) is 18.1 Å². The molecule has 1 nitrogen and oxygen atoms in total. The molecule has 3 heteroatoms. The van der Waals surface area contributed by atoms with Crippen LogP contribution in [0.3, 0.4) is 0 Å². The zero-order chi connectivity index (χ0) is 9.68. The Morgan fingerprint density at radius 2 is 1.92 bits per heavy atom. The minimum Gasteiger partial charge on any atom is -0.490 e. The third kappa shape index (κ3) is 3.06. The summed E-state index contributed by atoms with van der Waals surface area (Å²) >= 11 is 6.79. The van der Waals surface area contributed by atoms with Crippen LogP contribution in [-0.2, 0) is 0 Å². The van der Waals surface area contributed by atoms with Gasteiger partial charge in [-0.1, -0.05) is 6.07 Å². The molecule has 0 fully saturated rings. The van der Waals surface area contributed by atoms with E-state index >= 15 is 0 Å². The SMILES string of the molecule is C#CCCOc1c(Br)cccc1Br. The third-order valence-corrected chi connectivity index (χ3v) is 2.66. The van der Waals surface area contributed by atoms with Crippen molar-refractivity contribution in [2.45, 2.75) is 6.42 Å². The van der Waals surface area contributed by atoms with Crippen molar-refractivity contribution in [3.05, 3.63) is 27.1 Å². The molecule has 0 aliphatic carbocycles. The smallest absolute Gasteiger partial charge is 0.147 e. The molecule has 0 saturated heterocycles. The number of terminal acetylenes is 1. The highest BCUT2D eigenvalue weighted by Gasteiger charge is 2.04. The highest BCUT2D eigenvalue weighted by molar-refractivity contribution is 9.11. The first-order chi connectivity index (χ1) is 6.25.